The highest BCUT2D eigenvalue weighted by Gasteiger charge is 2.28. The van der Waals surface area contributed by atoms with E-state index >= 15 is 0 Å². The van der Waals surface area contributed by atoms with Crippen molar-refractivity contribution in [1.29, 1.82) is 0 Å². The Kier molecular flexibility index (Phi) is 1.71. The molecule has 0 aromatic heterocycles. The second-order valence-electron chi connectivity index (χ2n) is 3.89. The minimum Gasteiger partial charge on any atom is -0.507 e. The predicted octanol–water partition coefficient (Wildman–Crippen LogP) is 2.46. The van der Waals surface area contributed by atoms with Gasteiger partial charge >= 0.3 is 0 Å². The van der Waals surface area contributed by atoms with E-state index < -0.39 is 5.60 Å². The van der Waals surface area contributed by atoms with Gasteiger partial charge in [-0.2, -0.15) is 0 Å². The van der Waals surface area contributed by atoms with Crippen LogP contribution in [0.1, 0.15) is 19.4 Å². The topological polar surface area (TPSA) is 49.7 Å². The Morgan fingerprint density at radius 2 is 1.93 bits per heavy atom. The first-order chi connectivity index (χ1) is 6.49. The molecule has 2 N–H and O–H groups in total. The van der Waals surface area contributed by atoms with Gasteiger partial charge in [-0.25, -0.2) is 0 Å². The van der Waals surface area contributed by atoms with Gasteiger partial charge in [0.05, 0.1) is 5.56 Å². The van der Waals surface area contributed by atoms with Crippen LogP contribution in [0.3, 0.4) is 0 Å². The number of aromatic hydroxyl groups is 1. The first-order valence-corrected chi connectivity index (χ1v) is 4.43. The van der Waals surface area contributed by atoms with Crippen molar-refractivity contribution in [3.05, 3.63) is 29.8 Å². The van der Waals surface area contributed by atoms with Gasteiger partial charge < -0.3 is 14.9 Å². The van der Waals surface area contributed by atoms with Crippen LogP contribution in [0.5, 0.6) is 11.5 Å². The maximum absolute atomic E-state index is 9.70. The third-order valence-electron chi connectivity index (χ3n) is 2.12. The lowest BCUT2D eigenvalue weighted by atomic mass is 10.0. The Morgan fingerprint density at radius 3 is 2.64 bits per heavy atom. The summed E-state index contributed by atoms with van der Waals surface area (Å²) in [6, 6.07) is 4.92. The maximum Gasteiger partial charge on any atom is 0.135 e. The van der Waals surface area contributed by atoms with Crippen LogP contribution in [0.15, 0.2) is 24.3 Å². The van der Waals surface area contributed by atoms with Crippen molar-refractivity contribution in [3.63, 3.8) is 0 Å². The Bertz CT molecular complexity index is 405. The van der Waals surface area contributed by atoms with Gasteiger partial charge in [0.15, 0.2) is 0 Å². The summed E-state index contributed by atoms with van der Waals surface area (Å²) < 4.78 is 5.57. The molecule has 0 aliphatic carbocycles. The molecule has 0 fully saturated rings. The van der Waals surface area contributed by atoms with Crippen LogP contribution in [0.25, 0.3) is 5.76 Å². The van der Waals surface area contributed by atoms with E-state index in [9.17, 15) is 10.2 Å². The molecule has 0 atom stereocenters. The van der Waals surface area contributed by atoms with Crippen molar-refractivity contribution in [1.82, 2.24) is 0 Å². The summed E-state index contributed by atoms with van der Waals surface area (Å²) in [5.41, 5.74) is -0.169. The Hall–Kier alpha value is -1.64. The monoisotopic (exact) mass is 192 g/mol. The van der Waals surface area contributed by atoms with Crippen molar-refractivity contribution in [2.24, 2.45) is 0 Å². The number of phenols is 1. The molecule has 3 heteroatoms. The normalized spacial score (nSPS) is 18.0. The van der Waals surface area contributed by atoms with Crippen molar-refractivity contribution >= 4 is 5.76 Å². The Morgan fingerprint density at radius 1 is 1.21 bits per heavy atom. The van der Waals surface area contributed by atoms with E-state index in [4.69, 9.17) is 4.74 Å². The zero-order valence-electron chi connectivity index (χ0n) is 8.11. The predicted molar refractivity (Wildman–Crippen MR) is 53.4 cm³/mol. The molecule has 0 saturated carbocycles. The fraction of sp³-hybridized carbons (Fsp3) is 0.273. The third-order valence-corrected chi connectivity index (χ3v) is 2.12. The molecule has 0 radical (unpaired) electrons. The summed E-state index contributed by atoms with van der Waals surface area (Å²) in [6.45, 7) is 3.69. The highest BCUT2D eigenvalue weighted by Crippen LogP contribution is 2.39. The highest BCUT2D eigenvalue weighted by molar-refractivity contribution is 5.72. The van der Waals surface area contributed by atoms with Crippen molar-refractivity contribution < 1.29 is 14.9 Å². The zero-order valence-corrected chi connectivity index (χ0v) is 8.11. The minimum absolute atomic E-state index is 0.0340. The van der Waals surface area contributed by atoms with E-state index in [2.05, 4.69) is 0 Å². The van der Waals surface area contributed by atoms with E-state index in [1.165, 1.54) is 6.07 Å². The van der Waals surface area contributed by atoms with Crippen LogP contribution in [-0.4, -0.2) is 15.8 Å². The zero-order chi connectivity index (χ0) is 10.3. The maximum atomic E-state index is 9.70. The molecular weight excluding hydrogens is 180 g/mol. The molecule has 1 aliphatic rings. The molecule has 0 spiro atoms. The van der Waals surface area contributed by atoms with Crippen LogP contribution in [-0.2, 0) is 0 Å². The molecule has 0 amide bonds. The van der Waals surface area contributed by atoms with Gasteiger partial charge in [0, 0.05) is 6.08 Å². The summed E-state index contributed by atoms with van der Waals surface area (Å²) >= 11 is 0. The molecule has 1 aliphatic heterocycles. The molecule has 2 rings (SSSR count). The van der Waals surface area contributed by atoms with E-state index in [-0.39, 0.29) is 11.5 Å². The smallest absolute Gasteiger partial charge is 0.135 e. The van der Waals surface area contributed by atoms with Gasteiger partial charge in [-0.15, -0.1) is 0 Å². The number of phenolic OH excluding ortho intramolecular Hbond substituents is 1. The number of aliphatic hydroxyl groups is 1. The standard InChI is InChI=1S/C11H12O3/c1-11(2)6-8(13)10-7(12)4-3-5-9(10)14-11/h3-6,12-13H,1-2H3. The number of hydrogen-bond donors (Lipinski definition) is 2. The molecule has 0 unspecified atom stereocenters. The lowest BCUT2D eigenvalue weighted by molar-refractivity contribution is 0.153. The fourth-order valence-corrected chi connectivity index (χ4v) is 1.58. The van der Waals surface area contributed by atoms with Gasteiger partial charge in [0.1, 0.15) is 22.9 Å². The second-order valence-corrected chi connectivity index (χ2v) is 3.89. The van der Waals surface area contributed by atoms with Crippen LogP contribution < -0.4 is 4.74 Å². The van der Waals surface area contributed by atoms with Crippen LogP contribution in [0, 0.1) is 0 Å². The van der Waals surface area contributed by atoms with E-state index in [1.54, 1.807) is 18.2 Å². The van der Waals surface area contributed by atoms with Crippen molar-refractivity contribution in [2.45, 2.75) is 19.4 Å². The molecule has 1 aromatic rings. The van der Waals surface area contributed by atoms with E-state index in [0.717, 1.165) is 0 Å². The third kappa shape index (κ3) is 1.31. The Labute approximate surface area is 82.3 Å². The van der Waals surface area contributed by atoms with Crippen LogP contribution >= 0.6 is 0 Å². The summed E-state index contributed by atoms with van der Waals surface area (Å²) in [5, 5.41) is 19.2. The molecular formula is C11H12O3. The average molecular weight is 192 g/mol. The average Bonchev–Trinajstić information content (AvgIpc) is 2.00. The minimum atomic E-state index is -0.537. The first-order valence-electron chi connectivity index (χ1n) is 4.43. The molecule has 1 aromatic carbocycles. The van der Waals surface area contributed by atoms with E-state index in [1.807, 2.05) is 13.8 Å². The molecule has 3 nitrogen and oxygen atoms in total. The largest absolute Gasteiger partial charge is 0.507 e. The lowest BCUT2D eigenvalue weighted by Gasteiger charge is -2.29. The number of hydrogen-bond acceptors (Lipinski definition) is 3. The lowest BCUT2D eigenvalue weighted by Crippen LogP contribution is -2.28. The van der Waals surface area contributed by atoms with Gasteiger partial charge in [0.2, 0.25) is 0 Å². The number of rotatable bonds is 0. The van der Waals surface area contributed by atoms with Gasteiger partial charge in [-0.3, -0.25) is 0 Å². The summed E-state index contributed by atoms with van der Waals surface area (Å²) in [4.78, 5) is 0. The second kappa shape index (κ2) is 2.67. The SMILES string of the molecule is CC1(C)C=C(O)c2c(O)cccc2O1. The molecule has 0 bridgehead atoms. The van der Waals surface area contributed by atoms with Crippen molar-refractivity contribution in [2.75, 3.05) is 0 Å². The summed E-state index contributed by atoms with van der Waals surface area (Å²) in [5.74, 6) is 0.608. The Balaban J connectivity index is 2.62. The number of ether oxygens (including phenoxy) is 1. The van der Waals surface area contributed by atoms with E-state index in [0.29, 0.717) is 11.3 Å². The molecule has 1 heterocycles. The quantitative estimate of drug-likeness (QED) is 0.663. The number of benzene rings is 1. The molecule has 14 heavy (non-hydrogen) atoms. The first kappa shape index (κ1) is 8.94. The van der Waals surface area contributed by atoms with Crippen LogP contribution in [0.4, 0.5) is 0 Å². The van der Waals surface area contributed by atoms with Crippen LogP contribution in [0.2, 0.25) is 0 Å². The fourth-order valence-electron chi connectivity index (χ4n) is 1.58. The summed E-state index contributed by atoms with van der Waals surface area (Å²) in [7, 11) is 0. The highest BCUT2D eigenvalue weighted by atomic mass is 16.5. The van der Waals surface area contributed by atoms with Gasteiger partial charge in [-0.1, -0.05) is 6.07 Å². The molecule has 74 valence electrons. The number of aliphatic hydroxyl groups excluding tert-OH is 1. The van der Waals surface area contributed by atoms with Gasteiger partial charge in [0.25, 0.3) is 0 Å². The molecule has 0 saturated heterocycles. The number of fused-ring (bicyclic) bond motifs is 1. The van der Waals surface area contributed by atoms with Gasteiger partial charge in [-0.05, 0) is 26.0 Å². The van der Waals surface area contributed by atoms with Crippen molar-refractivity contribution in [3.8, 4) is 11.5 Å². The summed E-state index contributed by atoms with van der Waals surface area (Å²) in [6.07, 6.45) is 1.58.